The van der Waals surface area contributed by atoms with Crippen LogP contribution in [0.4, 0.5) is 10.1 Å². The van der Waals surface area contributed by atoms with Crippen LogP contribution in [0.15, 0.2) is 24.3 Å². The summed E-state index contributed by atoms with van der Waals surface area (Å²) in [5, 5.41) is 13.0. The van der Waals surface area contributed by atoms with E-state index in [-0.39, 0.29) is 11.7 Å². The zero-order chi connectivity index (χ0) is 16.7. The largest absolute Gasteiger partial charge is 0.480 e. The van der Waals surface area contributed by atoms with Crippen molar-refractivity contribution >= 4 is 35.2 Å². The number of aliphatic carboxylic acids is 1. The van der Waals surface area contributed by atoms with Crippen molar-refractivity contribution in [1.82, 2.24) is 5.32 Å². The zero-order valence-electron chi connectivity index (χ0n) is 12.1. The maximum atomic E-state index is 12.7. The molecule has 1 unspecified atom stereocenters. The van der Waals surface area contributed by atoms with E-state index < -0.39 is 29.0 Å². The summed E-state index contributed by atoms with van der Waals surface area (Å²) in [5.41, 5.74) is 0.462. The Morgan fingerprint density at radius 3 is 2.36 bits per heavy atom. The fourth-order valence-corrected chi connectivity index (χ4v) is 2.09. The van der Waals surface area contributed by atoms with Gasteiger partial charge in [-0.05, 0) is 38.1 Å². The Kier molecular flexibility index (Phi) is 6.84. The first kappa shape index (κ1) is 18.0. The normalized spacial score (nSPS) is 13.0. The molecule has 1 rings (SSSR count). The van der Waals surface area contributed by atoms with Crippen LogP contribution in [-0.2, 0) is 14.4 Å². The van der Waals surface area contributed by atoms with Gasteiger partial charge >= 0.3 is 5.97 Å². The van der Waals surface area contributed by atoms with Crippen LogP contribution >= 0.6 is 11.8 Å². The molecule has 0 saturated heterocycles. The smallest absolute Gasteiger partial charge is 0.325 e. The molecule has 0 aromatic heterocycles. The van der Waals surface area contributed by atoms with Crippen molar-refractivity contribution < 1.29 is 23.9 Å². The van der Waals surface area contributed by atoms with Gasteiger partial charge in [-0.2, -0.15) is 0 Å². The van der Waals surface area contributed by atoms with Gasteiger partial charge in [0.2, 0.25) is 11.8 Å². The molecule has 0 bridgehead atoms. The van der Waals surface area contributed by atoms with Crippen LogP contribution in [0.3, 0.4) is 0 Å². The molecule has 6 nitrogen and oxygen atoms in total. The lowest BCUT2D eigenvalue weighted by Crippen LogP contribution is -2.42. The minimum atomic E-state index is -1.13. The molecule has 0 radical (unpaired) electrons. The first-order valence-corrected chi connectivity index (χ1v) is 7.54. The number of hydrogen-bond acceptors (Lipinski definition) is 4. The highest BCUT2D eigenvalue weighted by molar-refractivity contribution is 8.01. The van der Waals surface area contributed by atoms with E-state index in [0.29, 0.717) is 5.69 Å². The van der Waals surface area contributed by atoms with E-state index in [9.17, 15) is 18.8 Å². The molecule has 0 spiro atoms. The van der Waals surface area contributed by atoms with E-state index in [2.05, 4.69) is 10.6 Å². The molecule has 8 heteroatoms. The summed E-state index contributed by atoms with van der Waals surface area (Å²) in [7, 11) is 0. The van der Waals surface area contributed by atoms with Crippen molar-refractivity contribution in [2.75, 3.05) is 11.1 Å². The third kappa shape index (κ3) is 6.13. The number of amides is 2. The Hall–Kier alpha value is -2.09. The lowest BCUT2D eigenvalue weighted by atomic mass is 10.3. The van der Waals surface area contributed by atoms with Gasteiger partial charge in [0.1, 0.15) is 11.9 Å². The van der Waals surface area contributed by atoms with Gasteiger partial charge in [0.05, 0.1) is 11.0 Å². The summed E-state index contributed by atoms with van der Waals surface area (Å²) in [6, 6.07) is 4.34. The Morgan fingerprint density at radius 2 is 1.82 bits per heavy atom. The summed E-state index contributed by atoms with van der Waals surface area (Å²) in [5.74, 6) is -2.28. The monoisotopic (exact) mass is 328 g/mol. The van der Waals surface area contributed by atoms with Gasteiger partial charge in [-0.3, -0.25) is 14.4 Å². The minimum absolute atomic E-state index is 0.0212. The van der Waals surface area contributed by atoms with Crippen LogP contribution in [0.1, 0.15) is 13.8 Å². The summed E-state index contributed by atoms with van der Waals surface area (Å²) in [4.78, 5) is 34.0. The van der Waals surface area contributed by atoms with Crippen molar-refractivity contribution in [2.45, 2.75) is 25.1 Å². The van der Waals surface area contributed by atoms with Crippen LogP contribution in [0, 0.1) is 5.82 Å². The molecule has 3 N–H and O–H groups in total. The summed E-state index contributed by atoms with van der Waals surface area (Å²) < 4.78 is 12.7. The van der Waals surface area contributed by atoms with E-state index in [4.69, 9.17) is 5.11 Å². The third-order valence-corrected chi connectivity index (χ3v) is 3.83. The Morgan fingerprint density at radius 1 is 1.23 bits per heavy atom. The number of thioether (sulfide) groups is 1. The van der Waals surface area contributed by atoms with E-state index >= 15 is 0 Å². The second-order valence-corrected chi connectivity index (χ2v) is 5.91. The number of carbonyl (C=O) groups excluding carboxylic acids is 2. The number of carboxylic acids is 1. The van der Waals surface area contributed by atoms with Gasteiger partial charge in [0.15, 0.2) is 0 Å². The summed E-state index contributed by atoms with van der Waals surface area (Å²) in [6.45, 7) is 2.94. The maximum absolute atomic E-state index is 12.7. The molecule has 1 aromatic carbocycles. The van der Waals surface area contributed by atoms with Gasteiger partial charge < -0.3 is 15.7 Å². The molecule has 0 saturated carbocycles. The zero-order valence-corrected chi connectivity index (χ0v) is 12.9. The van der Waals surface area contributed by atoms with E-state index in [0.717, 1.165) is 11.8 Å². The van der Waals surface area contributed by atoms with E-state index in [1.165, 1.54) is 31.2 Å². The highest BCUT2D eigenvalue weighted by Crippen LogP contribution is 2.13. The highest BCUT2D eigenvalue weighted by atomic mass is 32.2. The second kappa shape index (κ2) is 8.38. The third-order valence-electron chi connectivity index (χ3n) is 2.69. The lowest BCUT2D eigenvalue weighted by Gasteiger charge is -2.14. The predicted molar refractivity (Wildman–Crippen MR) is 82.2 cm³/mol. The van der Waals surface area contributed by atoms with Crippen LogP contribution in [0.2, 0.25) is 0 Å². The number of rotatable bonds is 7. The van der Waals surface area contributed by atoms with E-state index in [1.54, 1.807) is 6.92 Å². The van der Waals surface area contributed by atoms with Crippen LogP contribution < -0.4 is 10.6 Å². The number of halogens is 1. The molecule has 22 heavy (non-hydrogen) atoms. The average molecular weight is 328 g/mol. The van der Waals surface area contributed by atoms with Crippen molar-refractivity contribution in [3.8, 4) is 0 Å². The van der Waals surface area contributed by atoms with Crippen LogP contribution in [-0.4, -0.2) is 39.9 Å². The number of hydrogen-bond donors (Lipinski definition) is 3. The predicted octanol–water partition coefficient (Wildman–Crippen LogP) is 1.48. The Labute approximate surface area is 131 Å². The molecule has 2 atom stereocenters. The van der Waals surface area contributed by atoms with Crippen LogP contribution in [0.25, 0.3) is 0 Å². The molecule has 2 amide bonds. The molecule has 0 aliphatic carbocycles. The first-order chi connectivity index (χ1) is 10.3. The number of carbonyl (C=O) groups is 3. The minimum Gasteiger partial charge on any atom is -0.480 e. The van der Waals surface area contributed by atoms with Gasteiger partial charge in [-0.25, -0.2) is 4.39 Å². The molecular weight excluding hydrogens is 311 g/mol. The number of nitrogens with one attached hydrogen (secondary N) is 2. The molecule has 1 aromatic rings. The number of carboxylic acid groups (broad SMARTS) is 1. The Bertz CT molecular complexity index is 550. The molecule has 0 aliphatic rings. The lowest BCUT2D eigenvalue weighted by molar-refractivity contribution is -0.141. The summed E-state index contributed by atoms with van der Waals surface area (Å²) >= 11 is 1.08. The summed E-state index contributed by atoms with van der Waals surface area (Å²) in [6.07, 6.45) is 0. The average Bonchev–Trinajstić information content (AvgIpc) is 2.46. The van der Waals surface area contributed by atoms with Crippen molar-refractivity contribution in [3.05, 3.63) is 30.1 Å². The molecule has 0 heterocycles. The highest BCUT2D eigenvalue weighted by Gasteiger charge is 2.20. The fourth-order valence-electron chi connectivity index (χ4n) is 1.40. The second-order valence-electron chi connectivity index (χ2n) is 4.58. The van der Waals surface area contributed by atoms with E-state index in [1.807, 2.05) is 0 Å². The number of benzene rings is 1. The quantitative estimate of drug-likeness (QED) is 0.704. The van der Waals surface area contributed by atoms with Crippen molar-refractivity contribution in [2.24, 2.45) is 0 Å². The van der Waals surface area contributed by atoms with Crippen molar-refractivity contribution in [1.29, 1.82) is 0 Å². The Balaban J connectivity index is 2.38. The molecule has 0 fully saturated rings. The number of anilines is 1. The fraction of sp³-hybridized carbons (Fsp3) is 0.357. The van der Waals surface area contributed by atoms with Gasteiger partial charge in [-0.15, -0.1) is 11.8 Å². The maximum Gasteiger partial charge on any atom is 0.325 e. The van der Waals surface area contributed by atoms with Crippen molar-refractivity contribution in [3.63, 3.8) is 0 Å². The SMILES string of the molecule is CC(SCC(=O)Nc1ccc(F)cc1)C(=O)N[C@H](C)C(=O)O. The van der Waals surface area contributed by atoms with Gasteiger partial charge in [-0.1, -0.05) is 0 Å². The van der Waals surface area contributed by atoms with Gasteiger partial charge in [0.25, 0.3) is 0 Å². The first-order valence-electron chi connectivity index (χ1n) is 6.49. The molecule has 0 aliphatic heterocycles. The topological polar surface area (TPSA) is 95.5 Å². The standard InChI is InChI=1S/C14H17FN2O4S/c1-8(14(20)21)16-13(19)9(2)22-7-12(18)17-11-5-3-10(15)4-6-11/h3-6,8-9H,7H2,1-2H3,(H,16,19)(H,17,18)(H,20,21)/t8-,9?/m1/s1. The van der Waals surface area contributed by atoms with Gasteiger partial charge in [0, 0.05) is 5.69 Å². The molecular formula is C14H17FN2O4S. The molecule has 120 valence electrons. The van der Waals surface area contributed by atoms with Crippen LogP contribution in [0.5, 0.6) is 0 Å².